The lowest BCUT2D eigenvalue weighted by Crippen LogP contribution is -2.33. The van der Waals surface area contributed by atoms with Crippen LogP contribution in [0.5, 0.6) is 0 Å². The number of hydrogen-bond donors (Lipinski definition) is 1. The number of nitrogens with zero attached hydrogens (tertiary/aromatic N) is 2. The van der Waals surface area contributed by atoms with Crippen molar-refractivity contribution >= 4 is 37.9 Å². The Morgan fingerprint density at radius 3 is 2.60 bits per heavy atom. The summed E-state index contributed by atoms with van der Waals surface area (Å²) in [5.41, 5.74) is 1.24. The molecule has 9 heteroatoms. The third-order valence-corrected chi connectivity index (χ3v) is 6.54. The van der Waals surface area contributed by atoms with Gasteiger partial charge < -0.3 is 0 Å². The Bertz CT molecular complexity index is 1090. The van der Waals surface area contributed by atoms with E-state index in [2.05, 4.69) is 9.71 Å². The maximum atomic E-state index is 12.6. The number of nitrogens with one attached hydrogen (secondary N) is 1. The van der Waals surface area contributed by atoms with Gasteiger partial charge in [-0.3, -0.25) is 9.20 Å². The predicted octanol–water partition coefficient (Wildman–Crippen LogP) is 2.55. The third kappa shape index (κ3) is 3.62. The van der Waals surface area contributed by atoms with Gasteiger partial charge in [0.1, 0.15) is 0 Å². The molecule has 0 saturated heterocycles. The predicted molar refractivity (Wildman–Crippen MR) is 99.2 cm³/mol. The van der Waals surface area contributed by atoms with Crippen LogP contribution in [0.15, 0.2) is 39.3 Å². The number of sulfonamides is 1. The highest BCUT2D eigenvalue weighted by molar-refractivity contribution is 7.89. The van der Waals surface area contributed by atoms with Crippen molar-refractivity contribution in [2.75, 3.05) is 6.54 Å². The molecular weight excluding hydrogens is 382 g/mol. The fourth-order valence-electron chi connectivity index (χ4n) is 2.53. The zero-order chi connectivity index (χ0) is 18.2. The monoisotopic (exact) mass is 397 g/mol. The van der Waals surface area contributed by atoms with Gasteiger partial charge in [0.15, 0.2) is 9.86 Å². The minimum Gasteiger partial charge on any atom is -0.267 e. The van der Waals surface area contributed by atoms with Crippen molar-refractivity contribution in [1.29, 1.82) is 0 Å². The molecule has 25 heavy (non-hydrogen) atoms. The van der Waals surface area contributed by atoms with Crippen molar-refractivity contribution in [3.63, 3.8) is 0 Å². The summed E-state index contributed by atoms with van der Waals surface area (Å²) in [6.45, 7) is 3.45. The Kier molecular flexibility index (Phi) is 4.97. The first-order valence-electron chi connectivity index (χ1n) is 7.51. The molecule has 0 unspecified atom stereocenters. The number of aryl methyl sites for hydroxylation is 2. The Labute approximate surface area is 154 Å². The minimum atomic E-state index is -3.95. The number of hydrogen-bond acceptors (Lipinski definition) is 5. The average Bonchev–Trinajstić information content (AvgIpc) is 2.90. The highest BCUT2D eigenvalue weighted by Crippen LogP contribution is 2.16. The molecule has 0 fully saturated rings. The average molecular weight is 398 g/mol. The van der Waals surface area contributed by atoms with Gasteiger partial charge >= 0.3 is 0 Å². The normalized spacial score (nSPS) is 12.0. The zero-order valence-electron chi connectivity index (χ0n) is 13.6. The van der Waals surface area contributed by atoms with E-state index in [-0.39, 0.29) is 17.1 Å². The third-order valence-electron chi connectivity index (χ3n) is 3.76. The van der Waals surface area contributed by atoms with E-state index in [0.29, 0.717) is 22.1 Å². The van der Waals surface area contributed by atoms with Gasteiger partial charge in [0.05, 0.1) is 5.69 Å². The lowest BCUT2D eigenvalue weighted by molar-refractivity contribution is 0.578. The van der Waals surface area contributed by atoms with Crippen LogP contribution < -0.4 is 10.3 Å². The summed E-state index contributed by atoms with van der Waals surface area (Å²) in [7, 11) is -3.95. The second kappa shape index (κ2) is 6.87. The second-order valence-electron chi connectivity index (χ2n) is 5.60. The maximum absolute atomic E-state index is 12.6. The van der Waals surface area contributed by atoms with Gasteiger partial charge in [-0.1, -0.05) is 23.7 Å². The molecule has 2 aromatic heterocycles. The highest BCUT2D eigenvalue weighted by Gasteiger charge is 2.24. The molecule has 3 rings (SSSR count). The molecule has 3 aromatic rings. The standard InChI is InChI=1S/C16H16ClN3O3S2/c1-10-9-24-16-19-11(2)14(15(21)20(10)16)25(22,23)18-8-7-12-3-5-13(17)6-4-12/h3-6,9,18H,7-8H2,1-2H3. The van der Waals surface area contributed by atoms with E-state index < -0.39 is 15.6 Å². The van der Waals surface area contributed by atoms with Gasteiger partial charge in [-0.15, -0.1) is 11.3 Å². The van der Waals surface area contributed by atoms with Crippen LogP contribution in [0.2, 0.25) is 5.02 Å². The van der Waals surface area contributed by atoms with Crippen LogP contribution in [-0.4, -0.2) is 24.3 Å². The molecule has 0 spiro atoms. The summed E-state index contributed by atoms with van der Waals surface area (Å²) in [4.78, 5) is 17.1. The van der Waals surface area contributed by atoms with Crippen molar-refractivity contribution in [1.82, 2.24) is 14.1 Å². The lowest BCUT2D eigenvalue weighted by atomic mass is 10.2. The van der Waals surface area contributed by atoms with Crippen molar-refractivity contribution in [2.24, 2.45) is 0 Å². The molecule has 1 aromatic carbocycles. The van der Waals surface area contributed by atoms with Gasteiger partial charge in [0, 0.05) is 22.6 Å². The van der Waals surface area contributed by atoms with Crippen LogP contribution in [0, 0.1) is 13.8 Å². The molecule has 1 N–H and O–H groups in total. The van der Waals surface area contributed by atoms with E-state index in [1.54, 1.807) is 24.4 Å². The summed E-state index contributed by atoms with van der Waals surface area (Å²) in [5, 5.41) is 2.39. The molecule has 0 atom stereocenters. The fourth-order valence-corrected chi connectivity index (χ4v) is 4.83. The van der Waals surface area contributed by atoms with Gasteiger partial charge in [-0.2, -0.15) is 0 Å². The zero-order valence-corrected chi connectivity index (χ0v) is 16.0. The molecule has 132 valence electrons. The van der Waals surface area contributed by atoms with Gasteiger partial charge in [-0.25, -0.2) is 18.1 Å². The van der Waals surface area contributed by atoms with Crippen molar-refractivity contribution in [3.8, 4) is 0 Å². The molecule has 0 saturated carbocycles. The lowest BCUT2D eigenvalue weighted by Gasteiger charge is -2.09. The van der Waals surface area contributed by atoms with E-state index in [0.717, 1.165) is 5.56 Å². The molecule has 0 radical (unpaired) electrons. The van der Waals surface area contributed by atoms with Crippen molar-refractivity contribution in [2.45, 2.75) is 25.2 Å². The summed E-state index contributed by atoms with van der Waals surface area (Å²) in [5.74, 6) is 0. The highest BCUT2D eigenvalue weighted by atomic mass is 35.5. The molecule has 2 heterocycles. The first-order chi connectivity index (χ1) is 11.8. The number of rotatable bonds is 5. The summed E-state index contributed by atoms with van der Waals surface area (Å²) >= 11 is 7.13. The van der Waals surface area contributed by atoms with Gasteiger partial charge in [0.25, 0.3) is 5.56 Å². The van der Waals surface area contributed by atoms with Crippen LogP contribution in [-0.2, 0) is 16.4 Å². The van der Waals surface area contributed by atoms with Crippen molar-refractivity contribution in [3.05, 3.63) is 62.0 Å². The van der Waals surface area contributed by atoms with Gasteiger partial charge in [-0.05, 0) is 38.0 Å². The quantitative estimate of drug-likeness (QED) is 0.717. The molecular formula is C16H16ClN3O3S2. The van der Waals surface area contributed by atoms with Crippen LogP contribution in [0.25, 0.3) is 4.96 Å². The van der Waals surface area contributed by atoms with E-state index in [9.17, 15) is 13.2 Å². The molecule has 0 amide bonds. The Hall–Kier alpha value is -1.74. The van der Waals surface area contributed by atoms with Crippen LogP contribution in [0.1, 0.15) is 17.0 Å². The van der Waals surface area contributed by atoms with E-state index in [4.69, 9.17) is 11.6 Å². The largest absolute Gasteiger partial charge is 0.279 e. The van der Waals surface area contributed by atoms with E-state index in [1.165, 1.54) is 22.7 Å². The Balaban J connectivity index is 1.87. The molecule has 0 aliphatic rings. The van der Waals surface area contributed by atoms with Crippen molar-refractivity contribution < 1.29 is 8.42 Å². The minimum absolute atomic E-state index is 0.175. The van der Waals surface area contributed by atoms with Crippen LogP contribution >= 0.6 is 22.9 Å². The smallest absolute Gasteiger partial charge is 0.267 e. The number of fused-ring (bicyclic) bond motifs is 1. The van der Waals surface area contributed by atoms with Crippen LogP contribution in [0.3, 0.4) is 0 Å². The first kappa shape index (κ1) is 18.1. The molecule has 0 aliphatic heterocycles. The molecule has 0 aliphatic carbocycles. The topological polar surface area (TPSA) is 80.5 Å². The number of halogens is 1. The SMILES string of the molecule is Cc1nc2scc(C)n2c(=O)c1S(=O)(=O)NCCc1ccc(Cl)cc1. The Morgan fingerprint density at radius 1 is 1.24 bits per heavy atom. The van der Waals surface area contributed by atoms with Crippen LogP contribution in [0.4, 0.5) is 0 Å². The van der Waals surface area contributed by atoms with Gasteiger partial charge in [0.2, 0.25) is 10.0 Å². The second-order valence-corrected chi connectivity index (χ2v) is 8.58. The molecule has 0 bridgehead atoms. The number of thiazole rings is 1. The summed E-state index contributed by atoms with van der Waals surface area (Å²) in [6.07, 6.45) is 0.490. The van der Waals surface area contributed by atoms with E-state index in [1.807, 2.05) is 12.1 Å². The fraction of sp³-hybridized carbons (Fsp3) is 0.250. The number of aromatic nitrogens is 2. The number of benzene rings is 1. The maximum Gasteiger partial charge on any atom is 0.279 e. The van der Waals surface area contributed by atoms with E-state index >= 15 is 0 Å². The molecule has 6 nitrogen and oxygen atoms in total. The first-order valence-corrected chi connectivity index (χ1v) is 10.3. The summed E-state index contributed by atoms with van der Waals surface area (Å²) in [6, 6.07) is 7.16. The summed E-state index contributed by atoms with van der Waals surface area (Å²) < 4.78 is 29.0. The Morgan fingerprint density at radius 2 is 1.92 bits per heavy atom.